The number of guanidine groups is 1. The van der Waals surface area contributed by atoms with Crippen molar-refractivity contribution in [2.75, 3.05) is 18.9 Å². The predicted octanol–water partition coefficient (Wildman–Crippen LogP) is 3.77. The SMILES string of the molecule is CN=C(NCC(=O)Nc1ccc(F)cc1)NC1CC2(CCCC2)Oc2ccccc21. The lowest BCUT2D eigenvalue weighted by Gasteiger charge is -2.40. The summed E-state index contributed by atoms with van der Waals surface area (Å²) in [5.41, 5.74) is 1.53. The van der Waals surface area contributed by atoms with Gasteiger partial charge in [-0.3, -0.25) is 9.79 Å². The van der Waals surface area contributed by atoms with Crippen molar-refractivity contribution in [3.05, 3.63) is 59.9 Å². The van der Waals surface area contributed by atoms with Gasteiger partial charge < -0.3 is 20.7 Å². The number of nitrogens with zero attached hydrogens (tertiary/aromatic N) is 1. The summed E-state index contributed by atoms with van der Waals surface area (Å²) in [5.74, 6) is 0.906. The van der Waals surface area contributed by atoms with E-state index >= 15 is 0 Å². The maximum atomic E-state index is 13.0. The molecule has 0 bridgehead atoms. The molecule has 0 saturated heterocycles. The van der Waals surface area contributed by atoms with E-state index in [9.17, 15) is 9.18 Å². The quantitative estimate of drug-likeness (QED) is 0.530. The lowest BCUT2D eigenvalue weighted by molar-refractivity contribution is -0.115. The number of nitrogens with one attached hydrogen (secondary N) is 3. The lowest BCUT2D eigenvalue weighted by Crippen LogP contribution is -2.47. The van der Waals surface area contributed by atoms with Crippen LogP contribution in [0.1, 0.15) is 43.7 Å². The Labute approximate surface area is 175 Å². The Balaban J connectivity index is 1.39. The van der Waals surface area contributed by atoms with Gasteiger partial charge in [0.1, 0.15) is 17.2 Å². The monoisotopic (exact) mass is 410 g/mol. The van der Waals surface area contributed by atoms with Gasteiger partial charge in [0.2, 0.25) is 5.91 Å². The molecule has 3 N–H and O–H groups in total. The Morgan fingerprint density at radius 2 is 1.90 bits per heavy atom. The molecule has 1 spiro atoms. The molecule has 1 fully saturated rings. The zero-order valence-electron chi connectivity index (χ0n) is 17.1. The van der Waals surface area contributed by atoms with Gasteiger partial charge in [0.05, 0.1) is 12.6 Å². The van der Waals surface area contributed by atoms with Crippen LogP contribution in [-0.4, -0.2) is 31.1 Å². The van der Waals surface area contributed by atoms with Crippen LogP contribution in [0.15, 0.2) is 53.5 Å². The van der Waals surface area contributed by atoms with Crippen LogP contribution in [0, 0.1) is 5.82 Å². The van der Waals surface area contributed by atoms with Crippen LogP contribution >= 0.6 is 0 Å². The van der Waals surface area contributed by atoms with Gasteiger partial charge in [-0.25, -0.2) is 4.39 Å². The molecular weight excluding hydrogens is 383 g/mol. The number of hydrogen-bond acceptors (Lipinski definition) is 3. The van der Waals surface area contributed by atoms with Crippen LogP contribution < -0.4 is 20.7 Å². The van der Waals surface area contributed by atoms with Gasteiger partial charge in [0.25, 0.3) is 0 Å². The maximum Gasteiger partial charge on any atom is 0.243 e. The van der Waals surface area contributed by atoms with E-state index in [0.29, 0.717) is 11.6 Å². The fraction of sp³-hybridized carbons (Fsp3) is 0.391. The molecule has 0 radical (unpaired) electrons. The van der Waals surface area contributed by atoms with Gasteiger partial charge in [0, 0.05) is 24.7 Å². The first kappa shape index (κ1) is 20.2. The van der Waals surface area contributed by atoms with E-state index in [1.54, 1.807) is 7.05 Å². The molecular formula is C23H27FN4O2. The van der Waals surface area contributed by atoms with E-state index < -0.39 is 0 Å². The smallest absolute Gasteiger partial charge is 0.243 e. The summed E-state index contributed by atoms with van der Waals surface area (Å²) in [5, 5.41) is 9.28. The summed E-state index contributed by atoms with van der Waals surface area (Å²) in [4.78, 5) is 16.5. The summed E-state index contributed by atoms with van der Waals surface area (Å²) in [7, 11) is 1.68. The van der Waals surface area contributed by atoms with E-state index in [4.69, 9.17) is 4.74 Å². The van der Waals surface area contributed by atoms with E-state index in [2.05, 4.69) is 27.0 Å². The molecule has 6 nitrogen and oxygen atoms in total. The number of anilines is 1. The molecule has 30 heavy (non-hydrogen) atoms. The highest BCUT2D eigenvalue weighted by Gasteiger charge is 2.43. The van der Waals surface area contributed by atoms with Crippen molar-refractivity contribution in [3.8, 4) is 5.75 Å². The van der Waals surface area contributed by atoms with Crippen LogP contribution in [0.3, 0.4) is 0 Å². The van der Waals surface area contributed by atoms with Crippen molar-refractivity contribution in [2.45, 2.75) is 43.7 Å². The molecule has 1 aliphatic heterocycles. The Kier molecular flexibility index (Phi) is 5.88. The molecule has 1 amide bonds. The van der Waals surface area contributed by atoms with Crippen molar-refractivity contribution in [3.63, 3.8) is 0 Å². The fourth-order valence-electron chi connectivity index (χ4n) is 4.33. The Morgan fingerprint density at radius 3 is 2.63 bits per heavy atom. The number of para-hydroxylation sites is 1. The van der Waals surface area contributed by atoms with Gasteiger partial charge in [-0.2, -0.15) is 0 Å². The zero-order chi connectivity index (χ0) is 21.0. The number of benzene rings is 2. The summed E-state index contributed by atoms with van der Waals surface area (Å²) < 4.78 is 19.4. The molecule has 2 aliphatic rings. The molecule has 7 heteroatoms. The minimum Gasteiger partial charge on any atom is -0.487 e. The summed E-state index contributed by atoms with van der Waals surface area (Å²) in [6.07, 6.45) is 5.36. The predicted molar refractivity (Wildman–Crippen MR) is 115 cm³/mol. The second-order valence-electron chi connectivity index (χ2n) is 7.91. The third-order valence-electron chi connectivity index (χ3n) is 5.79. The first-order valence-corrected chi connectivity index (χ1v) is 10.4. The van der Waals surface area contributed by atoms with E-state index in [1.165, 1.54) is 37.1 Å². The van der Waals surface area contributed by atoms with Crippen molar-refractivity contribution in [1.29, 1.82) is 0 Å². The Bertz CT molecular complexity index is 923. The molecule has 4 rings (SSSR count). The number of hydrogen-bond donors (Lipinski definition) is 3. The van der Waals surface area contributed by atoms with E-state index in [1.807, 2.05) is 18.2 Å². The number of halogens is 1. The number of amides is 1. The average Bonchev–Trinajstić information content (AvgIpc) is 3.20. The van der Waals surface area contributed by atoms with Crippen LogP contribution in [0.2, 0.25) is 0 Å². The third-order valence-corrected chi connectivity index (χ3v) is 5.79. The number of fused-ring (bicyclic) bond motifs is 1. The average molecular weight is 410 g/mol. The number of carbonyl (C=O) groups is 1. The van der Waals surface area contributed by atoms with Crippen LogP contribution in [-0.2, 0) is 4.79 Å². The number of carbonyl (C=O) groups excluding carboxylic acids is 1. The topological polar surface area (TPSA) is 74.8 Å². The van der Waals surface area contributed by atoms with E-state index in [0.717, 1.165) is 30.6 Å². The summed E-state index contributed by atoms with van der Waals surface area (Å²) in [6.45, 7) is 0.0487. The van der Waals surface area contributed by atoms with Crippen LogP contribution in [0.25, 0.3) is 0 Å². The normalized spacial score (nSPS) is 19.7. The van der Waals surface area contributed by atoms with Gasteiger partial charge >= 0.3 is 0 Å². The van der Waals surface area contributed by atoms with Gasteiger partial charge in [-0.1, -0.05) is 18.2 Å². The van der Waals surface area contributed by atoms with Crippen molar-refractivity contribution in [2.24, 2.45) is 4.99 Å². The Morgan fingerprint density at radius 1 is 1.17 bits per heavy atom. The Hall–Kier alpha value is -3.09. The molecule has 2 aromatic carbocycles. The summed E-state index contributed by atoms with van der Waals surface area (Å²) >= 11 is 0. The second kappa shape index (κ2) is 8.73. The number of rotatable bonds is 4. The minimum absolute atomic E-state index is 0.0487. The highest BCUT2D eigenvalue weighted by atomic mass is 19.1. The van der Waals surface area contributed by atoms with Crippen LogP contribution in [0.4, 0.5) is 10.1 Å². The second-order valence-corrected chi connectivity index (χ2v) is 7.91. The molecule has 1 aliphatic carbocycles. The zero-order valence-corrected chi connectivity index (χ0v) is 17.1. The molecule has 1 atom stereocenters. The molecule has 0 aromatic heterocycles. The third kappa shape index (κ3) is 4.56. The molecule has 1 saturated carbocycles. The lowest BCUT2D eigenvalue weighted by atomic mass is 9.86. The van der Waals surface area contributed by atoms with Gasteiger partial charge in [-0.05, 0) is 56.0 Å². The van der Waals surface area contributed by atoms with Crippen molar-refractivity contribution in [1.82, 2.24) is 10.6 Å². The van der Waals surface area contributed by atoms with Gasteiger partial charge in [0.15, 0.2) is 5.96 Å². The molecule has 1 heterocycles. The molecule has 158 valence electrons. The minimum atomic E-state index is -0.340. The first-order chi connectivity index (χ1) is 14.6. The highest BCUT2D eigenvalue weighted by molar-refractivity contribution is 5.95. The van der Waals surface area contributed by atoms with Crippen molar-refractivity contribution < 1.29 is 13.9 Å². The summed E-state index contributed by atoms with van der Waals surface area (Å²) in [6, 6.07) is 13.8. The highest BCUT2D eigenvalue weighted by Crippen LogP contribution is 2.46. The van der Waals surface area contributed by atoms with Crippen molar-refractivity contribution >= 4 is 17.6 Å². The molecule has 1 unspecified atom stereocenters. The van der Waals surface area contributed by atoms with Gasteiger partial charge in [-0.15, -0.1) is 0 Å². The largest absolute Gasteiger partial charge is 0.487 e. The first-order valence-electron chi connectivity index (χ1n) is 10.4. The molecule has 2 aromatic rings. The fourth-order valence-corrected chi connectivity index (χ4v) is 4.33. The van der Waals surface area contributed by atoms with Crippen LogP contribution in [0.5, 0.6) is 5.75 Å². The van der Waals surface area contributed by atoms with E-state index in [-0.39, 0.29) is 29.9 Å². The maximum absolute atomic E-state index is 13.0. The standard InChI is InChI=1S/C23H27FN4O2/c1-25-22(26-15-21(29)27-17-10-8-16(24)9-11-17)28-19-14-23(12-4-5-13-23)30-20-7-3-2-6-18(19)20/h2-3,6-11,19H,4-5,12-15H2,1H3,(H,27,29)(H2,25,26,28). The number of aliphatic imine (C=N–C) groups is 1. The number of ether oxygens (including phenoxy) is 1.